The summed E-state index contributed by atoms with van der Waals surface area (Å²) in [7, 11) is 0. The van der Waals surface area contributed by atoms with Gasteiger partial charge in [-0.3, -0.25) is 14.4 Å². The fraction of sp³-hybridized carbons (Fsp3) is 0.409. The Morgan fingerprint density at radius 1 is 1.44 bits per heavy atom. The molecule has 0 aromatic carbocycles. The van der Waals surface area contributed by atoms with Crippen molar-refractivity contribution >= 4 is 75.1 Å². The zero-order valence-corrected chi connectivity index (χ0v) is 23.4. The summed E-state index contributed by atoms with van der Waals surface area (Å²) < 4.78 is 1.68. The van der Waals surface area contributed by atoms with E-state index in [1.807, 2.05) is 0 Å². The molecule has 39 heavy (non-hydrogen) atoms. The van der Waals surface area contributed by atoms with Crippen molar-refractivity contribution in [3.63, 3.8) is 0 Å². The second kappa shape index (κ2) is 11.7. The van der Waals surface area contributed by atoms with Crippen molar-refractivity contribution in [1.29, 1.82) is 0 Å². The summed E-state index contributed by atoms with van der Waals surface area (Å²) in [5, 5.41) is 18.6. The standard InChI is InChI=1S/C22H27N9O5S3/c1-3-5-30-13(24)6-12(23)27-21(30)39-10-22(19(34)35)8-31-17(33)15(18(31)38-9-22)28-16(32)14(29-36-4-2)11-7-37-20(25)26-11/h3,6-7,15,18H,1,4-5,8-10H2,2H3,(H7,23,24,25,26,28,32,34,35)/p+1/t15?,18-,22?/m1/s1. The van der Waals surface area contributed by atoms with Crippen LogP contribution in [0.4, 0.5) is 16.8 Å². The molecule has 0 aliphatic carbocycles. The first kappa shape index (κ1) is 28.4. The predicted octanol–water partition coefficient (Wildman–Crippen LogP) is -0.238. The number of thioether (sulfide) groups is 2. The van der Waals surface area contributed by atoms with E-state index in [0.29, 0.717) is 17.5 Å². The average molecular weight is 595 g/mol. The number of carbonyl (C=O) groups is 3. The Hall–Kier alpha value is -3.57. The van der Waals surface area contributed by atoms with E-state index in [-0.39, 0.29) is 47.0 Å². The lowest BCUT2D eigenvalue weighted by molar-refractivity contribution is -0.713. The van der Waals surface area contributed by atoms with Crippen LogP contribution >= 0.6 is 34.9 Å². The molecule has 208 valence electrons. The van der Waals surface area contributed by atoms with Crippen LogP contribution in [0.25, 0.3) is 0 Å². The summed E-state index contributed by atoms with van der Waals surface area (Å²) in [5.74, 6) is -1.17. The van der Waals surface area contributed by atoms with Crippen LogP contribution in [-0.2, 0) is 25.8 Å². The number of oxime groups is 1. The Kier molecular flexibility index (Phi) is 8.51. The molecular formula is C22H28N9O5S3+. The maximum atomic E-state index is 13.1. The number of nitrogens with two attached hydrogens (primary N) is 3. The van der Waals surface area contributed by atoms with Gasteiger partial charge in [0.2, 0.25) is 17.5 Å². The fourth-order valence-corrected chi connectivity index (χ4v) is 7.46. The minimum atomic E-state index is -1.26. The van der Waals surface area contributed by atoms with Crippen molar-refractivity contribution < 1.29 is 28.9 Å². The summed E-state index contributed by atoms with van der Waals surface area (Å²) in [6.07, 6.45) is 1.65. The normalized spacial score (nSPS) is 22.5. The number of anilines is 3. The Morgan fingerprint density at radius 3 is 2.85 bits per heavy atom. The monoisotopic (exact) mass is 594 g/mol. The smallest absolute Gasteiger partial charge is 0.313 e. The van der Waals surface area contributed by atoms with Crippen LogP contribution in [-0.4, -0.2) is 79.5 Å². The third kappa shape index (κ3) is 5.74. The van der Waals surface area contributed by atoms with Crippen molar-refractivity contribution in [1.82, 2.24) is 20.2 Å². The number of carboxylic acid groups (broad SMARTS) is 1. The minimum Gasteiger partial charge on any atom is -0.481 e. The molecule has 0 bridgehead atoms. The van der Waals surface area contributed by atoms with Gasteiger partial charge in [0.15, 0.2) is 10.8 Å². The molecule has 4 heterocycles. The van der Waals surface area contributed by atoms with E-state index in [2.05, 4.69) is 27.0 Å². The lowest BCUT2D eigenvalue weighted by Gasteiger charge is -2.53. The predicted molar refractivity (Wildman–Crippen MR) is 149 cm³/mol. The van der Waals surface area contributed by atoms with Gasteiger partial charge in [0.25, 0.3) is 5.91 Å². The van der Waals surface area contributed by atoms with Crippen LogP contribution in [0.2, 0.25) is 0 Å². The number of hydrogen-bond donors (Lipinski definition) is 5. The van der Waals surface area contributed by atoms with Gasteiger partial charge < -0.3 is 37.4 Å². The van der Waals surface area contributed by atoms with E-state index >= 15 is 0 Å². The van der Waals surface area contributed by atoms with Crippen LogP contribution in [0.15, 0.2) is 34.4 Å². The minimum absolute atomic E-state index is 0.0278. The van der Waals surface area contributed by atoms with E-state index in [9.17, 15) is 19.5 Å². The van der Waals surface area contributed by atoms with E-state index in [1.165, 1.54) is 34.5 Å². The molecule has 3 atom stereocenters. The molecule has 4 rings (SSSR count). The number of nitrogen functional groups attached to an aromatic ring is 3. The summed E-state index contributed by atoms with van der Waals surface area (Å²) >= 11 is 3.62. The molecule has 2 saturated heterocycles. The number of β-lactam (4-membered cyclic amide) rings is 1. The second-order valence-electron chi connectivity index (χ2n) is 8.71. The first-order chi connectivity index (χ1) is 18.6. The van der Waals surface area contributed by atoms with Crippen molar-refractivity contribution in [3.8, 4) is 0 Å². The number of fused-ring (bicyclic) bond motifs is 1. The zero-order valence-electron chi connectivity index (χ0n) is 20.9. The lowest BCUT2D eigenvalue weighted by Crippen LogP contribution is -2.74. The number of nitrogens with zero attached hydrogens (tertiary/aromatic N) is 5. The molecule has 0 radical (unpaired) electrons. The Morgan fingerprint density at radius 2 is 2.21 bits per heavy atom. The maximum Gasteiger partial charge on any atom is 0.313 e. The summed E-state index contributed by atoms with van der Waals surface area (Å²) in [4.78, 5) is 53.4. The first-order valence-electron chi connectivity index (χ1n) is 11.7. The number of thiazole rings is 1. The van der Waals surface area contributed by atoms with Gasteiger partial charge in [-0.05, 0) is 6.92 Å². The van der Waals surface area contributed by atoms with Gasteiger partial charge >= 0.3 is 11.1 Å². The van der Waals surface area contributed by atoms with Crippen molar-refractivity contribution in [2.45, 2.75) is 30.0 Å². The number of amides is 2. The molecule has 2 aliphatic heterocycles. The van der Waals surface area contributed by atoms with Crippen LogP contribution in [0.5, 0.6) is 0 Å². The second-order valence-corrected chi connectivity index (χ2v) is 11.6. The van der Waals surface area contributed by atoms with Crippen LogP contribution in [0.1, 0.15) is 12.6 Å². The summed E-state index contributed by atoms with van der Waals surface area (Å²) in [6.45, 7) is 6.00. The van der Waals surface area contributed by atoms with Gasteiger partial charge in [0.05, 0.1) is 12.6 Å². The van der Waals surface area contributed by atoms with Gasteiger partial charge in [0, 0.05) is 23.4 Å². The van der Waals surface area contributed by atoms with E-state index in [0.717, 1.165) is 11.3 Å². The first-order valence-corrected chi connectivity index (χ1v) is 14.6. The molecule has 2 aromatic heterocycles. The molecule has 2 amide bonds. The van der Waals surface area contributed by atoms with Gasteiger partial charge in [-0.15, -0.1) is 23.1 Å². The van der Waals surface area contributed by atoms with Crippen molar-refractivity contribution in [2.75, 3.05) is 41.9 Å². The third-order valence-electron chi connectivity index (χ3n) is 6.00. The van der Waals surface area contributed by atoms with Crippen molar-refractivity contribution in [3.05, 3.63) is 29.8 Å². The van der Waals surface area contributed by atoms with Gasteiger partial charge in [0.1, 0.15) is 29.1 Å². The van der Waals surface area contributed by atoms with Crippen LogP contribution < -0.4 is 27.1 Å². The lowest BCUT2D eigenvalue weighted by atomic mass is 9.89. The molecule has 0 spiro atoms. The quantitative estimate of drug-likeness (QED) is 0.0433. The van der Waals surface area contributed by atoms with Crippen LogP contribution in [0.3, 0.4) is 0 Å². The Bertz CT molecular complexity index is 1340. The summed E-state index contributed by atoms with van der Waals surface area (Å²) in [5.41, 5.74) is 16.5. The highest BCUT2D eigenvalue weighted by atomic mass is 32.2. The number of carboxylic acids is 1. The molecule has 14 nitrogen and oxygen atoms in total. The third-order valence-corrected chi connectivity index (χ3v) is 9.53. The van der Waals surface area contributed by atoms with Crippen LogP contribution in [0, 0.1) is 5.41 Å². The average Bonchev–Trinajstić information content (AvgIpc) is 3.33. The fourth-order valence-electron chi connectivity index (χ4n) is 4.01. The number of rotatable bonds is 11. The van der Waals surface area contributed by atoms with Crippen molar-refractivity contribution in [2.24, 2.45) is 10.6 Å². The Balaban J connectivity index is 1.46. The number of aromatic nitrogens is 3. The molecule has 2 aliphatic rings. The number of allylic oxidation sites excluding steroid dienone is 1. The Labute approximate surface area is 236 Å². The number of hydrogen-bond acceptors (Lipinski definition) is 13. The number of carbonyl (C=O) groups excluding carboxylic acids is 2. The highest BCUT2D eigenvalue weighted by Crippen LogP contribution is 2.44. The van der Waals surface area contributed by atoms with E-state index < -0.39 is 34.6 Å². The van der Waals surface area contributed by atoms with E-state index in [4.69, 9.17) is 22.0 Å². The molecular weight excluding hydrogens is 567 g/mol. The number of aliphatic carboxylic acids is 1. The SMILES string of the molecule is C=CC[n+]1c(N)cc(N)nc1SCC1(C(=O)O)CS[C@@H]2C(NC(=O)C(=NOCC)c3csc(N)n3)C(=O)N2C1. The van der Waals surface area contributed by atoms with Gasteiger partial charge in [-0.2, -0.15) is 0 Å². The molecule has 2 aromatic rings. The van der Waals surface area contributed by atoms with Gasteiger partial charge in [-0.1, -0.05) is 34.6 Å². The molecule has 0 saturated carbocycles. The summed E-state index contributed by atoms with van der Waals surface area (Å²) in [6, 6.07) is 0.665. The highest BCUT2D eigenvalue weighted by Gasteiger charge is 2.57. The topological polar surface area (TPSA) is 216 Å². The number of nitrogens with one attached hydrogen (secondary N) is 1. The maximum absolute atomic E-state index is 13.1. The van der Waals surface area contributed by atoms with E-state index in [1.54, 1.807) is 22.9 Å². The van der Waals surface area contributed by atoms with Gasteiger partial charge in [-0.25, -0.2) is 9.55 Å². The largest absolute Gasteiger partial charge is 0.481 e. The molecule has 17 heteroatoms. The molecule has 8 N–H and O–H groups in total. The molecule has 2 fully saturated rings. The highest BCUT2D eigenvalue weighted by molar-refractivity contribution is 8.00. The molecule has 2 unspecified atom stereocenters. The zero-order chi connectivity index (χ0) is 28.3.